The molecule has 0 saturated heterocycles. The van der Waals surface area contributed by atoms with Crippen molar-refractivity contribution < 1.29 is 0 Å². The first-order valence-corrected chi connectivity index (χ1v) is 6.58. The van der Waals surface area contributed by atoms with E-state index in [0.717, 1.165) is 32.4 Å². The van der Waals surface area contributed by atoms with E-state index in [9.17, 15) is 4.79 Å². The van der Waals surface area contributed by atoms with Crippen LogP contribution in [-0.2, 0) is 6.54 Å². The Morgan fingerprint density at radius 3 is 2.94 bits per heavy atom. The van der Waals surface area contributed by atoms with Crippen molar-refractivity contribution in [3.63, 3.8) is 0 Å². The fraction of sp³-hybridized carbons (Fsp3) is 0.538. The second-order valence-electron chi connectivity index (χ2n) is 4.39. The predicted molar refractivity (Wildman–Crippen MR) is 71.8 cm³/mol. The Balaban J connectivity index is 1.88. The Labute approximate surface area is 106 Å². The number of hydrogen-bond acceptors (Lipinski definition) is 3. The van der Waals surface area contributed by atoms with Crippen LogP contribution in [-0.4, -0.2) is 27.3 Å². The van der Waals surface area contributed by atoms with Gasteiger partial charge in [-0.15, -0.1) is 5.10 Å². The number of hydrogen-bond donors (Lipinski definition) is 1. The molecule has 0 amide bonds. The van der Waals surface area contributed by atoms with Crippen LogP contribution < -0.4 is 11.0 Å². The maximum atomic E-state index is 11.9. The Bertz CT molecular complexity index is 543. The number of fused-ring (bicyclic) bond motifs is 1. The van der Waals surface area contributed by atoms with Crippen LogP contribution in [0.25, 0.3) is 5.65 Å². The summed E-state index contributed by atoms with van der Waals surface area (Å²) in [7, 11) is 0. The Morgan fingerprint density at radius 2 is 2.17 bits per heavy atom. The van der Waals surface area contributed by atoms with Crippen molar-refractivity contribution in [1.29, 1.82) is 0 Å². The third kappa shape index (κ3) is 2.98. The minimum absolute atomic E-state index is 0.0490. The van der Waals surface area contributed by atoms with Gasteiger partial charge in [0.2, 0.25) is 0 Å². The fourth-order valence-corrected chi connectivity index (χ4v) is 1.93. The molecule has 0 aromatic carbocycles. The van der Waals surface area contributed by atoms with Crippen LogP contribution in [0.2, 0.25) is 0 Å². The minimum Gasteiger partial charge on any atom is -0.317 e. The number of unbranched alkanes of at least 4 members (excludes halogenated alkanes) is 1. The third-order valence-corrected chi connectivity index (χ3v) is 2.89. The van der Waals surface area contributed by atoms with E-state index >= 15 is 0 Å². The molecule has 2 rings (SSSR count). The SMILES string of the molecule is CCCNCCCCn1nc2ccccn2c1=O. The molecule has 0 unspecified atom stereocenters. The predicted octanol–water partition coefficient (Wildman–Crippen LogP) is 1.28. The number of aromatic nitrogens is 3. The zero-order valence-electron chi connectivity index (χ0n) is 10.8. The summed E-state index contributed by atoms with van der Waals surface area (Å²) in [6.45, 7) is 4.92. The molecular weight excluding hydrogens is 228 g/mol. The minimum atomic E-state index is -0.0490. The van der Waals surface area contributed by atoms with E-state index in [1.165, 1.54) is 0 Å². The van der Waals surface area contributed by atoms with E-state index in [0.29, 0.717) is 12.2 Å². The van der Waals surface area contributed by atoms with Crippen molar-refractivity contribution in [3.05, 3.63) is 34.9 Å². The molecule has 1 N–H and O–H groups in total. The summed E-state index contributed by atoms with van der Waals surface area (Å²) in [6.07, 6.45) is 4.96. The highest BCUT2D eigenvalue weighted by molar-refractivity contribution is 5.35. The summed E-state index contributed by atoms with van der Waals surface area (Å²) in [5, 5.41) is 7.64. The van der Waals surface area contributed by atoms with Crippen LogP contribution >= 0.6 is 0 Å². The van der Waals surface area contributed by atoms with Crippen molar-refractivity contribution in [3.8, 4) is 0 Å². The number of nitrogens with one attached hydrogen (secondary N) is 1. The molecule has 0 spiro atoms. The molecule has 2 aromatic rings. The summed E-state index contributed by atoms with van der Waals surface area (Å²) >= 11 is 0. The lowest BCUT2D eigenvalue weighted by Gasteiger charge is -2.02. The zero-order valence-corrected chi connectivity index (χ0v) is 10.8. The quantitative estimate of drug-likeness (QED) is 0.751. The van der Waals surface area contributed by atoms with Crippen LogP contribution in [0, 0.1) is 0 Å². The molecule has 98 valence electrons. The molecule has 0 bridgehead atoms. The number of nitrogens with zero attached hydrogens (tertiary/aromatic N) is 3. The van der Waals surface area contributed by atoms with Gasteiger partial charge in [0, 0.05) is 12.7 Å². The highest BCUT2D eigenvalue weighted by Gasteiger charge is 2.04. The highest BCUT2D eigenvalue weighted by Crippen LogP contribution is 1.97. The standard InChI is InChI=1S/C13H20N4O/c1-2-8-14-9-4-6-11-17-13(18)16-10-5-3-7-12(16)15-17/h3,5,7,10,14H,2,4,6,8-9,11H2,1H3. The smallest absolute Gasteiger partial charge is 0.317 e. The first-order valence-electron chi connectivity index (χ1n) is 6.58. The molecule has 0 aliphatic carbocycles. The largest absolute Gasteiger partial charge is 0.350 e. The fourth-order valence-electron chi connectivity index (χ4n) is 1.93. The van der Waals surface area contributed by atoms with E-state index in [2.05, 4.69) is 17.3 Å². The molecule has 0 aliphatic rings. The normalized spacial score (nSPS) is 11.2. The van der Waals surface area contributed by atoms with Crippen LogP contribution in [0.5, 0.6) is 0 Å². The first-order chi connectivity index (χ1) is 8.83. The maximum Gasteiger partial charge on any atom is 0.350 e. The van der Waals surface area contributed by atoms with Crippen molar-refractivity contribution in [2.45, 2.75) is 32.7 Å². The highest BCUT2D eigenvalue weighted by atomic mass is 16.2. The van der Waals surface area contributed by atoms with Crippen molar-refractivity contribution in [2.24, 2.45) is 0 Å². The van der Waals surface area contributed by atoms with Gasteiger partial charge in [-0.25, -0.2) is 9.48 Å². The topological polar surface area (TPSA) is 51.3 Å². The van der Waals surface area contributed by atoms with E-state index in [4.69, 9.17) is 0 Å². The van der Waals surface area contributed by atoms with Gasteiger partial charge in [0.1, 0.15) is 0 Å². The molecule has 0 saturated carbocycles. The van der Waals surface area contributed by atoms with Crippen LogP contribution in [0.1, 0.15) is 26.2 Å². The Hall–Kier alpha value is -1.62. The molecule has 18 heavy (non-hydrogen) atoms. The van der Waals surface area contributed by atoms with Gasteiger partial charge in [-0.3, -0.25) is 4.40 Å². The van der Waals surface area contributed by atoms with Gasteiger partial charge in [-0.1, -0.05) is 13.0 Å². The molecule has 0 fully saturated rings. The van der Waals surface area contributed by atoms with Crippen molar-refractivity contribution in [2.75, 3.05) is 13.1 Å². The van der Waals surface area contributed by atoms with E-state index < -0.39 is 0 Å². The van der Waals surface area contributed by atoms with Gasteiger partial charge in [0.15, 0.2) is 5.65 Å². The van der Waals surface area contributed by atoms with Gasteiger partial charge in [-0.05, 0) is 44.5 Å². The molecule has 5 nitrogen and oxygen atoms in total. The van der Waals surface area contributed by atoms with Gasteiger partial charge in [0.05, 0.1) is 0 Å². The van der Waals surface area contributed by atoms with Crippen LogP contribution in [0.4, 0.5) is 0 Å². The number of pyridine rings is 1. The summed E-state index contributed by atoms with van der Waals surface area (Å²) < 4.78 is 3.13. The van der Waals surface area contributed by atoms with Gasteiger partial charge < -0.3 is 5.32 Å². The van der Waals surface area contributed by atoms with E-state index in [1.807, 2.05) is 18.2 Å². The average Bonchev–Trinajstić information content (AvgIpc) is 2.71. The molecule has 0 aliphatic heterocycles. The number of rotatable bonds is 7. The van der Waals surface area contributed by atoms with Crippen LogP contribution in [0.15, 0.2) is 29.2 Å². The number of aryl methyl sites for hydroxylation is 1. The summed E-state index contributed by atoms with van der Waals surface area (Å²) in [4.78, 5) is 11.9. The lowest BCUT2D eigenvalue weighted by molar-refractivity contribution is 0.523. The van der Waals surface area contributed by atoms with Crippen molar-refractivity contribution >= 4 is 5.65 Å². The maximum absolute atomic E-state index is 11.9. The lowest BCUT2D eigenvalue weighted by Crippen LogP contribution is -2.22. The van der Waals surface area contributed by atoms with Gasteiger partial charge >= 0.3 is 5.69 Å². The van der Waals surface area contributed by atoms with Crippen molar-refractivity contribution in [1.82, 2.24) is 19.5 Å². The molecule has 0 atom stereocenters. The summed E-state index contributed by atoms with van der Waals surface area (Å²) in [5.74, 6) is 0. The van der Waals surface area contributed by atoms with E-state index in [1.54, 1.807) is 15.3 Å². The molecular formula is C13H20N4O. The van der Waals surface area contributed by atoms with E-state index in [-0.39, 0.29) is 5.69 Å². The molecule has 5 heteroatoms. The molecule has 2 aromatic heterocycles. The Morgan fingerprint density at radius 1 is 1.28 bits per heavy atom. The monoisotopic (exact) mass is 248 g/mol. The second-order valence-corrected chi connectivity index (χ2v) is 4.39. The Kier molecular flexibility index (Phi) is 4.52. The summed E-state index contributed by atoms with van der Waals surface area (Å²) in [6, 6.07) is 5.58. The zero-order chi connectivity index (χ0) is 12.8. The molecule has 2 heterocycles. The summed E-state index contributed by atoms with van der Waals surface area (Å²) in [5.41, 5.74) is 0.665. The second kappa shape index (κ2) is 6.35. The average molecular weight is 248 g/mol. The van der Waals surface area contributed by atoms with Crippen LogP contribution in [0.3, 0.4) is 0 Å². The van der Waals surface area contributed by atoms with Gasteiger partial charge in [0.25, 0.3) is 0 Å². The lowest BCUT2D eigenvalue weighted by atomic mass is 10.3. The molecule has 0 radical (unpaired) electrons. The van der Waals surface area contributed by atoms with Gasteiger partial charge in [-0.2, -0.15) is 0 Å². The third-order valence-electron chi connectivity index (χ3n) is 2.89. The first kappa shape index (κ1) is 12.8.